The molecule has 0 radical (unpaired) electrons. The number of halogens is 1. The van der Waals surface area contributed by atoms with Gasteiger partial charge in [0.25, 0.3) is 0 Å². The van der Waals surface area contributed by atoms with E-state index in [4.69, 9.17) is 16.3 Å². The molecule has 0 saturated carbocycles. The largest absolute Gasteiger partial charge is 0.497 e. The minimum Gasteiger partial charge on any atom is -0.497 e. The fourth-order valence-electron chi connectivity index (χ4n) is 1.93. The topological polar surface area (TPSA) is 38.3 Å². The highest BCUT2D eigenvalue weighted by Gasteiger charge is 2.13. The molecule has 128 valence electrons. The zero-order chi connectivity index (χ0) is 17.4. The van der Waals surface area contributed by atoms with Gasteiger partial charge in [0.15, 0.2) is 0 Å². The first-order valence-electron chi connectivity index (χ1n) is 7.55. The molecular formula is C18H20ClNO2S2. The van der Waals surface area contributed by atoms with Crippen molar-refractivity contribution in [2.24, 2.45) is 0 Å². The summed E-state index contributed by atoms with van der Waals surface area (Å²) in [6.07, 6.45) is 0. The minimum absolute atomic E-state index is 0.0486. The maximum absolute atomic E-state index is 12.1. The molecule has 1 unspecified atom stereocenters. The second-order valence-electron chi connectivity index (χ2n) is 5.03. The van der Waals surface area contributed by atoms with Crippen molar-refractivity contribution in [3.05, 3.63) is 53.6 Å². The van der Waals surface area contributed by atoms with Crippen molar-refractivity contribution in [3.8, 4) is 5.75 Å². The lowest BCUT2D eigenvalue weighted by Gasteiger charge is -2.12. The van der Waals surface area contributed by atoms with E-state index in [0.717, 1.165) is 26.3 Å². The molecule has 1 N–H and O–H groups in total. The van der Waals surface area contributed by atoms with Crippen molar-refractivity contribution in [3.63, 3.8) is 0 Å². The Bertz CT molecular complexity index is 647. The third kappa shape index (κ3) is 6.30. The normalized spacial score (nSPS) is 11.8. The monoisotopic (exact) mass is 381 g/mol. The van der Waals surface area contributed by atoms with Crippen LogP contribution >= 0.6 is 35.1 Å². The third-order valence-corrected chi connectivity index (χ3v) is 5.60. The van der Waals surface area contributed by atoms with Gasteiger partial charge in [-0.2, -0.15) is 0 Å². The zero-order valence-electron chi connectivity index (χ0n) is 13.6. The van der Waals surface area contributed by atoms with Crippen LogP contribution in [-0.4, -0.2) is 30.6 Å². The summed E-state index contributed by atoms with van der Waals surface area (Å²) in [5.74, 6) is 1.69. The molecule has 0 aliphatic carbocycles. The summed E-state index contributed by atoms with van der Waals surface area (Å²) in [5.41, 5.74) is 0. The molecule has 0 spiro atoms. The molecule has 3 nitrogen and oxygen atoms in total. The predicted octanol–water partition coefficient (Wildman–Crippen LogP) is 4.74. The van der Waals surface area contributed by atoms with Crippen LogP contribution in [0.4, 0.5) is 0 Å². The smallest absolute Gasteiger partial charge is 0.233 e. The van der Waals surface area contributed by atoms with E-state index in [2.05, 4.69) is 5.32 Å². The van der Waals surface area contributed by atoms with Gasteiger partial charge >= 0.3 is 0 Å². The van der Waals surface area contributed by atoms with Crippen LogP contribution in [0, 0.1) is 0 Å². The minimum atomic E-state index is -0.140. The third-order valence-electron chi connectivity index (χ3n) is 3.23. The van der Waals surface area contributed by atoms with Gasteiger partial charge in [0.1, 0.15) is 5.75 Å². The standard InChI is InChI=1S/C18H20ClNO2S2/c1-13(24-17-9-5-15(22-2)6-10-17)18(21)20-11-12-23-16-7-3-14(19)4-8-16/h3-10,13H,11-12H2,1-2H3,(H,20,21). The SMILES string of the molecule is COc1ccc(SC(C)C(=O)NCCSc2ccc(Cl)cc2)cc1. The summed E-state index contributed by atoms with van der Waals surface area (Å²) >= 11 is 9.09. The van der Waals surface area contributed by atoms with Crippen molar-refractivity contribution < 1.29 is 9.53 Å². The van der Waals surface area contributed by atoms with Crippen molar-refractivity contribution in [1.82, 2.24) is 5.32 Å². The number of nitrogens with one attached hydrogen (secondary N) is 1. The van der Waals surface area contributed by atoms with E-state index in [-0.39, 0.29) is 11.2 Å². The maximum Gasteiger partial charge on any atom is 0.233 e. The quantitative estimate of drug-likeness (QED) is 0.529. The summed E-state index contributed by atoms with van der Waals surface area (Å²) in [7, 11) is 1.64. The van der Waals surface area contributed by atoms with Crippen LogP contribution in [0.1, 0.15) is 6.92 Å². The molecule has 0 saturated heterocycles. The summed E-state index contributed by atoms with van der Waals surface area (Å²) < 4.78 is 5.13. The van der Waals surface area contributed by atoms with E-state index in [1.807, 2.05) is 55.5 Å². The van der Waals surface area contributed by atoms with E-state index in [0.29, 0.717) is 6.54 Å². The number of carbonyl (C=O) groups excluding carboxylic acids is 1. The highest BCUT2D eigenvalue weighted by molar-refractivity contribution is 8.00. The van der Waals surface area contributed by atoms with Gasteiger partial charge in [-0.1, -0.05) is 11.6 Å². The summed E-state index contributed by atoms with van der Waals surface area (Å²) in [6, 6.07) is 15.4. The van der Waals surface area contributed by atoms with Crippen LogP contribution in [0.15, 0.2) is 58.3 Å². The fraction of sp³-hybridized carbons (Fsp3) is 0.278. The molecule has 0 aliphatic rings. The number of ether oxygens (including phenoxy) is 1. The summed E-state index contributed by atoms with van der Waals surface area (Å²) in [5, 5.41) is 3.57. The van der Waals surface area contributed by atoms with Crippen LogP contribution in [0.5, 0.6) is 5.75 Å². The molecule has 0 fully saturated rings. The fourth-order valence-corrected chi connectivity index (χ4v) is 3.72. The first-order chi connectivity index (χ1) is 11.6. The Hall–Kier alpha value is -1.30. The van der Waals surface area contributed by atoms with Gasteiger partial charge in [0.05, 0.1) is 12.4 Å². The zero-order valence-corrected chi connectivity index (χ0v) is 16.0. The molecule has 6 heteroatoms. The first-order valence-corrected chi connectivity index (χ1v) is 9.79. The number of carbonyl (C=O) groups is 1. The van der Waals surface area contributed by atoms with Gasteiger partial charge in [-0.05, 0) is 55.5 Å². The van der Waals surface area contributed by atoms with E-state index in [1.165, 1.54) is 11.8 Å². The number of thioether (sulfide) groups is 2. The molecule has 1 amide bonds. The van der Waals surface area contributed by atoms with Gasteiger partial charge in [-0.25, -0.2) is 0 Å². The maximum atomic E-state index is 12.1. The number of methoxy groups -OCH3 is 1. The number of benzene rings is 2. The van der Waals surface area contributed by atoms with Crippen LogP contribution in [0.3, 0.4) is 0 Å². The molecule has 2 aromatic rings. The highest BCUT2D eigenvalue weighted by atomic mass is 35.5. The first kappa shape index (κ1) is 19.0. The lowest BCUT2D eigenvalue weighted by atomic mass is 10.3. The summed E-state index contributed by atoms with van der Waals surface area (Å²) in [4.78, 5) is 14.3. The van der Waals surface area contributed by atoms with E-state index >= 15 is 0 Å². The number of hydrogen-bond acceptors (Lipinski definition) is 4. The van der Waals surface area contributed by atoms with Crippen LogP contribution in [-0.2, 0) is 4.79 Å². The van der Waals surface area contributed by atoms with Crippen LogP contribution in [0.2, 0.25) is 5.02 Å². The van der Waals surface area contributed by atoms with Gasteiger partial charge in [-0.15, -0.1) is 23.5 Å². The van der Waals surface area contributed by atoms with Gasteiger partial charge in [0.2, 0.25) is 5.91 Å². The molecule has 0 aromatic heterocycles. The Labute approximate surface area is 156 Å². The lowest BCUT2D eigenvalue weighted by molar-refractivity contribution is -0.120. The van der Waals surface area contributed by atoms with Crippen LogP contribution < -0.4 is 10.1 Å². The second kappa shape index (κ2) is 9.87. The molecule has 0 aliphatic heterocycles. The molecule has 24 heavy (non-hydrogen) atoms. The van der Waals surface area contributed by atoms with Gasteiger partial charge in [0, 0.05) is 27.1 Å². The Morgan fingerprint density at radius 1 is 1.12 bits per heavy atom. The Morgan fingerprint density at radius 3 is 2.38 bits per heavy atom. The summed E-state index contributed by atoms with van der Waals surface area (Å²) in [6.45, 7) is 2.55. The van der Waals surface area contributed by atoms with E-state index in [9.17, 15) is 4.79 Å². The molecular weight excluding hydrogens is 362 g/mol. The molecule has 0 bridgehead atoms. The molecule has 0 heterocycles. The second-order valence-corrected chi connectivity index (χ2v) is 8.05. The number of rotatable bonds is 8. The van der Waals surface area contributed by atoms with E-state index < -0.39 is 0 Å². The number of amides is 1. The Balaban J connectivity index is 1.70. The Morgan fingerprint density at radius 2 is 1.75 bits per heavy atom. The molecule has 1 atom stereocenters. The van der Waals surface area contributed by atoms with Crippen LogP contribution in [0.25, 0.3) is 0 Å². The van der Waals surface area contributed by atoms with Crippen molar-refractivity contribution in [2.75, 3.05) is 19.4 Å². The van der Waals surface area contributed by atoms with Gasteiger partial charge in [-0.3, -0.25) is 4.79 Å². The Kier molecular flexibility index (Phi) is 7.82. The molecule has 2 aromatic carbocycles. The highest BCUT2D eigenvalue weighted by Crippen LogP contribution is 2.25. The van der Waals surface area contributed by atoms with E-state index in [1.54, 1.807) is 18.9 Å². The predicted molar refractivity (Wildman–Crippen MR) is 103 cm³/mol. The van der Waals surface area contributed by atoms with Crippen molar-refractivity contribution in [2.45, 2.75) is 22.0 Å². The van der Waals surface area contributed by atoms with Gasteiger partial charge < -0.3 is 10.1 Å². The lowest BCUT2D eigenvalue weighted by Crippen LogP contribution is -2.32. The average Bonchev–Trinajstić information content (AvgIpc) is 2.60. The van der Waals surface area contributed by atoms with Crippen molar-refractivity contribution >= 4 is 41.0 Å². The molecule has 2 rings (SSSR count). The number of hydrogen-bond donors (Lipinski definition) is 1. The van der Waals surface area contributed by atoms with Crippen molar-refractivity contribution in [1.29, 1.82) is 0 Å². The average molecular weight is 382 g/mol.